The van der Waals surface area contributed by atoms with Gasteiger partial charge >= 0.3 is 5.97 Å². The van der Waals surface area contributed by atoms with Gasteiger partial charge in [-0.3, -0.25) is 0 Å². The lowest BCUT2D eigenvalue weighted by Gasteiger charge is -2.21. The SMILES string of the molecule is COc1ccc(CO[C@H](/C=C\C(O)[C@H]2OC(C)(C)O[C@H]2C/C=C/c2cc(C)cc(C)c2C(=O)O)[C@H](C)O)cc1. The second kappa shape index (κ2) is 13.4. The molecule has 1 unspecified atom stereocenters. The number of aliphatic hydroxyl groups excluding tert-OH is 2. The zero-order chi connectivity index (χ0) is 28.7. The van der Waals surface area contributed by atoms with E-state index in [2.05, 4.69) is 0 Å². The minimum absolute atomic E-state index is 0.263. The fourth-order valence-corrected chi connectivity index (χ4v) is 4.69. The summed E-state index contributed by atoms with van der Waals surface area (Å²) in [6.45, 7) is 9.17. The maximum Gasteiger partial charge on any atom is 0.336 e. The quantitative estimate of drug-likeness (QED) is 0.329. The molecule has 0 radical (unpaired) electrons. The third kappa shape index (κ3) is 8.49. The molecule has 0 saturated carbocycles. The first-order valence-electron chi connectivity index (χ1n) is 13.1. The van der Waals surface area contributed by atoms with Crippen LogP contribution in [0, 0.1) is 13.8 Å². The Hall–Kier alpha value is -3.01. The van der Waals surface area contributed by atoms with Crippen molar-refractivity contribution < 1.29 is 39.1 Å². The molecule has 5 atom stereocenters. The maximum absolute atomic E-state index is 11.8. The highest BCUT2D eigenvalue weighted by atomic mass is 16.8. The number of hydrogen-bond acceptors (Lipinski definition) is 7. The third-order valence-electron chi connectivity index (χ3n) is 6.52. The van der Waals surface area contributed by atoms with Crippen molar-refractivity contribution in [1.29, 1.82) is 0 Å². The molecule has 0 amide bonds. The van der Waals surface area contributed by atoms with E-state index in [1.54, 1.807) is 53.0 Å². The lowest BCUT2D eigenvalue weighted by Crippen LogP contribution is -2.34. The van der Waals surface area contributed by atoms with Crippen LogP contribution in [0.4, 0.5) is 0 Å². The van der Waals surface area contributed by atoms with Crippen LogP contribution >= 0.6 is 0 Å². The summed E-state index contributed by atoms with van der Waals surface area (Å²) in [6, 6.07) is 11.1. The number of benzene rings is 2. The topological polar surface area (TPSA) is 115 Å². The van der Waals surface area contributed by atoms with Gasteiger partial charge in [0.05, 0.1) is 31.5 Å². The molecule has 1 heterocycles. The van der Waals surface area contributed by atoms with Crippen LogP contribution in [0.25, 0.3) is 6.08 Å². The average molecular weight is 541 g/mol. The molecule has 8 nitrogen and oxygen atoms in total. The molecule has 3 N–H and O–H groups in total. The van der Waals surface area contributed by atoms with Gasteiger partial charge in [0, 0.05) is 0 Å². The number of rotatable bonds is 12. The fraction of sp³-hybridized carbons (Fsp3) is 0.452. The van der Waals surface area contributed by atoms with Gasteiger partial charge in [0.25, 0.3) is 0 Å². The molecule has 212 valence electrons. The van der Waals surface area contributed by atoms with Gasteiger partial charge in [0.2, 0.25) is 0 Å². The first-order valence-corrected chi connectivity index (χ1v) is 13.1. The molecule has 1 saturated heterocycles. The van der Waals surface area contributed by atoms with Crippen molar-refractivity contribution in [2.45, 2.75) is 84.0 Å². The van der Waals surface area contributed by atoms with Crippen molar-refractivity contribution >= 4 is 12.0 Å². The minimum atomic E-state index is -1.02. The summed E-state index contributed by atoms with van der Waals surface area (Å²) in [7, 11) is 1.60. The van der Waals surface area contributed by atoms with Crippen LogP contribution in [0.5, 0.6) is 5.75 Å². The van der Waals surface area contributed by atoms with Crippen LogP contribution in [0.3, 0.4) is 0 Å². The van der Waals surface area contributed by atoms with E-state index in [-0.39, 0.29) is 12.2 Å². The zero-order valence-corrected chi connectivity index (χ0v) is 23.5. The van der Waals surface area contributed by atoms with E-state index in [1.807, 2.05) is 49.4 Å². The summed E-state index contributed by atoms with van der Waals surface area (Å²) in [6.07, 6.45) is 3.60. The van der Waals surface area contributed by atoms with Crippen molar-refractivity contribution in [2.24, 2.45) is 0 Å². The summed E-state index contributed by atoms with van der Waals surface area (Å²) in [5.41, 5.74) is 3.47. The number of aryl methyl sites for hydroxylation is 2. The maximum atomic E-state index is 11.8. The highest BCUT2D eigenvalue weighted by Crippen LogP contribution is 2.33. The van der Waals surface area contributed by atoms with E-state index >= 15 is 0 Å². The lowest BCUT2D eigenvalue weighted by atomic mass is 9.97. The first-order chi connectivity index (χ1) is 18.4. The summed E-state index contributed by atoms with van der Waals surface area (Å²) in [5, 5.41) is 30.9. The molecule has 1 aliphatic heterocycles. The normalized spacial score (nSPS) is 21.3. The fourth-order valence-electron chi connectivity index (χ4n) is 4.69. The Morgan fingerprint density at radius 3 is 2.41 bits per heavy atom. The molecular formula is C31H40O8. The molecule has 39 heavy (non-hydrogen) atoms. The standard InChI is InChI=1S/C31H40O8/c1-19-16-20(2)28(30(34)35)23(17-19)8-7-9-27-29(39-31(4,5)38-27)25(33)14-15-26(21(3)32)37-18-22-10-12-24(36-6)13-11-22/h7-8,10-17,21,25-27,29,32-33H,9,18H2,1-6H3,(H,34,35)/b8-7+,15-14-/t21-,25?,26+,27-,29+/m0/s1. The van der Waals surface area contributed by atoms with Crippen molar-refractivity contribution in [1.82, 2.24) is 0 Å². The number of methoxy groups -OCH3 is 1. The highest BCUT2D eigenvalue weighted by molar-refractivity contribution is 5.94. The van der Waals surface area contributed by atoms with E-state index in [4.69, 9.17) is 18.9 Å². The molecule has 8 heteroatoms. The third-order valence-corrected chi connectivity index (χ3v) is 6.52. The van der Waals surface area contributed by atoms with Crippen LogP contribution in [0.1, 0.15) is 59.8 Å². The van der Waals surface area contributed by atoms with Gasteiger partial charge in [0.1, 0.15) is 24.1 Å². The minimum Gasteiger partial charge on any atom is -0.497 e. The predicted molar refractivity (Wildman–Crippen MR) is 149 cm³/mol. The van der Waals surface area contributed by atoms with E-state index in [1.165, 1.54) is 0 Å². The number of carboxylic acids is 1. The number of ether oxygens (including phenoxy) is 4. The molecule has 0 aromatic heterocycles. The van der Waals surface area contributed by atoms with E-state index in [9.17, 15) is 20.1 Å². The number of aromatic carboxylic acids is 1. The summed E-state index contributed by atoms with van der Waals surface area (Å²) in [4.78, 5) is 11.8. The Morgan fingerprint density at radius 2 is 1.79 bits per heavy atom. The second-order valence-corrected chi connectivity index (χ2v) is 10.4. The Labute approximate surface area is 230 Å². The van der Waals surface area contributed by atoms with Crippen molar-refractivity contribution in [3.8, 4) is 5.75 Å². The summed E-state index contributed by atoms with van der Waals surface area (Å²) >= 11 is 0. The number of aliphatic hydroxyl groups is 2. The Bertz CT molecular complexity index is 1170. The molecule has 2 aromatic carbocycles. The Balaban J connectivity index is 1.68. The van der Waals surface area contributed by atoms with Gasteiger partial charge in [0.15, 0.2) is 5.79 Å². The second-order valence-electron chi connectivity index (χ2n) is 10.4. The van der Waals surface area contributed by atoms with Gasteiger partial charge in [-0.1, -0.05) is 54.1 Å². The Morgan fingerprint density at radius 1 is 1.10 bits per heavy atom. The zero-order valence-electron chi connectivity index (χ0n) is 23.5. The highest BCUT2D eigenvalue weighted by Gasteiger charge is 2.43. The monoisotopic (exact) mass is 540 g/mol. The van der Waals surface area contributed by atoms with Crippen LogP contribution in [0.2, 0.25) is 0 Å². The molecule has 0 bridgehead atoms. The van der Waals surface area contributed by atoms with Crippen LogP contribution in [0.15, 0.2) is 54.6 Å². The molecule has 3 rings (SSSR count). The number of carbonyl (C=O) groups is 1. The van der Waals surface area contributed by atoms with Crippen LogP contribution in [-0.4, -0.2) is 64.7 Å². The molecule has 0 aliphatic carbocycles. The van der Waals surface area contributed by atoms with E-state index < -0.39 is 42.3 Å². The van der Waals surface area contributed by atoms with Gasteiger partial charge in [-0.05, 0) is 69.9 Å². The predicted octanol–water partition coefficient (Wildman–Crippen LogP) is 4.82. The molecule has 1 aliphatic rings. The lowest BCUT2D eigenvalue weighted by molar-refractivity contribution is -0.152. The van der Waals surface area contributed by atoms with Crippen molar-refractivity contribution in [2.75, 3.05) is 7.11 Å². The first kappa shape index (κ1) is 30.5. The smallest absolute Gasteiger partial charge is 0.336 e. The van der Waals surface area contributed by atoms with Gasteiger partial charge < -0.3 is 34.3 Å². The largest absolute Gasteiger partial charge is 0.497 e. The molecule has 1 fully saturated rings. The van der Waals surface area contributed by atoms with Gasteiger partial charge in [-0.2, -0.15) is 0 Å². The molecular weight excluding hydrogens is 500 g/mol. The molecule has 0 spiro atoms. The summed E-state index contributed by atoms with van der Waals surface area (Å²) in [5.74, 6) is -1.14. The van der Waals surface area contributed by atoms with Gasteiger partial charge in [-0.25, -0.2) is 4.79 Å². The number of carboxylic acid groups (broad SMARTS) is 1. The van der Waals surface area contributed by atoms with Crippen molar-refractivity contribution in [3.63, 3.8) is 0 Å². The van der Waals surface area contributed by atoms with Crippen LogP contribution < -0.4 is 4.74 Å². The van der Waals surface area contributed by atoms with Crippen LogP contribution in [-0.2, 0) is 20.8 Å². The van der Waals surface area contributed by atoms with Gasteiger partial charge in [-0.15, -0.1) is 0 Å². The van der Waals surface area contributed by atoms with E-state index in [0.717, 1.165) is 16.9 Å². The average Bonchev–Trinajstić information content (AvgIpc) is 3.17. The molecule has 2 aromatic rings. The Kier molecular flexibility index (Phi) is 10.5. The summed E-state index contributed by atoms with van der Waals surface area (Å²) < 4.78 is 23.1. The van der Waals surface area contributed by atoms with Crippen molar-refractivity contribution in [3.05, 3.63) is 82.4 Å². The number of hydrogen-bond donors (Lipinski definition) is 3. The van der Waals surface area contributed by atoms with E-state index in [0.29, 0.717) is 17.5 Å².